The van der Waals surface area contributed by atoms with Crippen molar-refractivity contribution < 1.29 is 9.53 Å². The molecule has 1 fully saturated rings. The van der Waals surface area contributed by atoms with Gasteiger partial charge in [-0.3, -0.25) is 4.79 Å². The molecule has 4 nitrogen and oxygen atoms in total. The molecular formula is C17H24N2O2. The number of likely N-dealkylation sites (tertiary alicyclic amines) is 1. The third-order valence-electron chi connectivity index (χ3n) is 4.05. The molecule has 0 bridgehead atoms. The fourth-order valence-corrected chi connectivity index (χ4v) is 2.83. The highest BCUT2D eigenvalue weighted by Gasteiger charge is 2.23. The van der Waals surface area contributed by atoms with Crippen LogP contribution >= 0.6 is 0 Å². The number of benzene rings is 1. The van der Waals surface area contributed by atoms with Crippen molar-refractivity contribution in [2.75, 3.05) is 19.4 Å². The molecule has 0 aliphatic carbocycles. The molecule has 2 N–H and O–H groups in total. The summed E-state index contributed by atoms with van der Waals surface area (Å²) in [4.78, 5) is 14.3. The van der Waals surface area contributed by atoms with Crippen molar-refractivity contribution >= 4 is 17.7 Å². The van der Waals surface area contributed by atoms with Gasteiger partial charge in [0.2, 0.25) is 5.91 Å². The highest BCUT2D eigenvalue weighted by atomic mass is 16.5. The Morgan fingerprint density at radius 2 is 2.29 bits per heavy atom. The molecule has 0 spiro atoms. The summed E-state index contributed by atoms with van der Waals surface area (Å²) in [5, 5.41) is 0. The molecule has 2 rings (SSSR count). The first-order valence-corrected chi connectivity index (χ1v) is 7.58. The standard InChI is InChI=1S/C17H24N2O2/c1-3-14-6-4-5-11-19(14)17(20)10-8-13-7-9-16(21-2)15(18)12-13/h7-10,12,14H,3-6,11,18H2,1-2H3/b10-8-. The smallest absolute Gasteiger partial charge is 0.246 e. The fraction of sp³-hybridized carbons (Fsp3) is 0.471. The van der Waals surface area contributed by atoms with Gasteiger partial charge in [-0.25, -0.2) is 0 Å². The second kappa shape index (κ2) is 7.16. The zero-order valence-corrected chi connectivity index (χ0v) is 12.8. The fourth-order valence-electron chi connectivity index (χ4n) is 2.83. The highest BCUT2D eigenvalue weighted by molar-refractivity contribution is 5.92. The molecular weight excluding hydrogens is 264 g/mol. The second-order valence-corrected chi connectivity index (χ2v) is 5.42. The van der Waals surface area contributed by atoms with Crippen molar-refractivity contribution in [3.63, 3.8) is 0 Å². The van der Waals surface area contributed by atoms with Crippen LogP contribution in [0.15, 0.2) is 24.3 Å². The number of carbonyl (C=O) groups excluding carboxylic acids is 1. The van der Waals surface area contributed by atoms with Crippen molar-refractivity contribution in [3.05, 3.63) is 29.8 Å². The molecule has 1 saturated heterocycles. The van der Waals surface area contributed by atoms with Crippen LogP contribution in [0.5, 0.6) is 5.75 Å². The molecule has 1 amide bonds. The van der Waals surface area contributed by atoms with Crippen LogP contribution in [0.2, 0.25) is 0 Å². The van der Waals surface area contributed by atoms with E-state index in [9.17, 15) is 4.79 Å². The highest BCUT2D eigenvalue weighted by Crippen LogP contribution is 2.23. The number of piperidine rings is 1. The largest absolute Gasteiger partial charge is 0.495 e. The first-order chi connectivity index (χ1) is 10.2. The van der Waals surface area contributed by atoms with Gasteiger partial charge in [0.25, 0.3) is 0 Å². The molecule has 114 valence electrons. The van der Waals surface area contributed by atoms with E-state index in [0.717, 1.165) is 31.4 Å². The topological polar surface area (TPSA) is 55.6 Å². The van der Waals surface area contributed by atoms with Crippen LogP contribution in [0.4, 0.5) is 5.69 Å². The molecule has 1 heterocycles. The number of anilines is 1. The molecule has 1 aliphatic rings. The number of ether oxygens (including phenoxy) is 1. The molecule has 0 saturated carbocycles. The van der Waals surface area contributed by atoms with Gasteiger partial charge in [-0.1, -0.05) is 13.0 Å². The third-order valence-corrected chi connectivity index (χ3v) is 4.05. The normalized spacial score (nSPS) is 19.0. The maximum absolute atomic E-state index is 12.3. The summed E-state index contributed by atoms with van der Waals surface area (Å²) in [6.45, 7) is 3.01. The number of methoxy groups -OCH3 is 1. The van der Waals surface area contributed by atoms with E-state index in [4.69, 9.17) is 10.5 Å². The second-order valence-electron chi connectivity index (χ2n) is 5.42. The Kier molecular flexibility index (Phi) is 5.26. The van der Waals surface area contributed by atoms with E-state index in [1.807, 2.05) is 29.2 Å². The Balaban J connectivity index is 2.05. The van der Waals surface area contributed by atoms with Gasteiger partial charge < -0.3 is 15.4 Å². The number of nitrogen functional groups attached to an aromatic ring is 1. The average Bonchev–Trinajstić information content (AvgIpc) is 2.52. The summed E-state index contributed by atoms with van der Waals surface area (Å²) in [7, 11) is 1.59. The van der Waals surface area contributed by atoms with Crippen molar-refractivity contribution in [1.29, 1.82) is 0 Å². The van der Waals surface area contributed by atoms with Gasteiger partial charge in [0.15, 0.2) is 0 Å². The summed E-state index contributed by atoms with van der Waals surface area (Å²) in [5.41, 5.74) is 7.36. The molecule has 4 heteroatoms. The summed E-state index contributed by atoms with van der Waals surface area (Å²) in [6, 6.07) is 5.91. The third kappa shape index (κ3) is 3.78. The summed E-state index contributed by atoms with van der Waals surface area (Å²) in [5.74, 6) is 0.747. The lowest BCUT2D eigenvalue weighted by atomic mass is 10.00. The minimum atomic E-state index is 0.0935. The molecule has 21 heavy (non-hydrogen) atoms. The molecule has 1 atom stereocenters. The van der Waals surface area contributed by atoms with Crippen molar-refractivity contribution in [2.24, 2.45) is 0 Å². The van der Waals surface area contributed by atoms with E-state index in [2.05, 4.69) is 6.92 Å². The van der Waals surface area contributed by atoms with Crippen LogP contribution in [-0.2, 0) is 4.79 Å². The molecule has 1 aromatic rings. The lowest BCUT2D eigenvalue weighted by Crippen LogP contribution is -2.42. The Labute approximate surface area is 126 Å². The monoisotopic (exact) mass is 288 g/mol. The van der Waals surface area contributed by atoms with Gasteiger partial charge in [0, 0.05) is 18.7 Å². The number of amides is 1. The molecule has 1 unspecified atom stereocenters. The van der Waals surface area contributed by atoms with Crippen LogP contribution < -0.4 is 10.5 Å². The maximum Gasteiger partial charge on any atom is 0.246 e. The van der Waals surface area contributed by atoms with Crippen LogP contribution in [0.1, 0.15) is 38.2 Å². The quantitative estimate of drug-likeness (QED) is 0.684. The number of nitrogens with zero attached hydrogens (tertiary/aromatic N) is 1. The zero-order valence-electron chi connectivity index (χ0n) is 12.8. The van der Waals surface area contributed by atoms with E-state index in [0.29, 0.717) is 17.5 Å². The number of hydrogen-bond donors (Lipinski definition) is 1. The SMILES string of the molecule is CCC1CCCCN1C(=O)/C=C\c1ccc(OC)c(N)c1. The Bertz CT molecular complexity index is 526. The first-order valence-electron chi connectivity index (χ1n) is 7.58. The summed E-state index contributed by atoms with van der Waals surface area (Å²) < 4.78 is 5.13. The van der Waals surface area contributed by atoms with E-state index in [1.165, 1.54) is 6.42 Å². The predicted octanol–water partition coefficient (Wildman–Crippen LogP) is 3.08. The Morgan fingerprint density at radius 1 is 1.48 bits per heavy atom. The Morgan fingerprint density at radius 3 is 2.95 bits per heavy atom. The minimum Gasteiger partial charge on any atom is -0.495 e. The van der Waals surface area contributed by atoms with Crippen molar-refractivity contribution in [2.45, 2.75) is 38.6 Å². The Hall–Kier alpha value is -1.97. The number of nitrogens with two attached hydrogens (primary N) is 1. The van der Waals surface area contributed by atoms with Crippen LogP contribution in [0.3, 0.4) is 0 Å². The lowest BCUT2D eigenvalue weighted by molar-refractivity contribution is -0.129. The maximum atomic E-state index is 12.3. The van der Waals surface area contributed by atoms with Gasteiger partial charge in [0.05, 0.1) is 12.8 Å². The molecule has 0 radical (unpaired) electrons. The lowest BCUT2D eigenvalue weighted by Gasteiger charge is -2.34. The van der Waals surface area contributed by atoms with E-state index < -0.39 is 0 Å². The molecule has 1 aliphatic heterocycles. The van der Waals surface area contributed by atoms with E-state index in [-0.39, 0.29) is 5.91 Å². The average molecular weight is 288 g/mol. The number of rotatable bonds is 4. The van der Waals surface area contributed by atoms with Gasteiger partial charge in [-0.05, 0) is 49.5 Å². The van der Waals surface area contributed by atoms with Crippen LogP contribution in [0, 0.1) is 0 Å². The number of carbonyl (C=O) groups is 1. The summed E-state index contributed by atoms with van der Waals surface area (Å²) >= 11 is 0. The van der Waals surface area contributed by atoms with Crippen molar-refractivity contribution in [3.8, 4) is 5.75 Å². The van der Waals surface area contributed by atoms with Crippen LogP contribution in [-0.4, -0.2) is 30.5 Å². The van der Waals surface area contributed by atoms with Gasteiger partial charge in [-0.15, -0.1) is 0 Å². The zero-order chi connectivity index (χ0) is 15.2. The molecule has 0 aromatic heterocycles. The van der Waals surface area contributed by atoms with Crippen LogP contribution in [0.25, 0.3) is 6.08 Å². The van der Waals surface area contributed by atoms with Crippen molar-refractivity contribution in [1.82, 2.24) is 4.90 Å². The molecule has 1 aromatic carbocycles. The summed E-state index contributed by atoms with van der Waals surface area (Å²) in [6.07, 6.45) is 7.93. The minimum absolute atomic E-state index is 0.0935. The first kappa shape index (κ1) is 15.4. The van der Waals surface area contributed by atoms with E-state index in [1.54, 1.807) is 13.2 Å². The van der Waals surface area contributed by atoms with Gasteiger partial charge >= 0.3 is 0 Å². The van der Waals surface area contributed by atoms with Gasteiger partial charge in [0.1, 0.15) is 5.75 Å². The van der Waals surface area contributed by atoms with E-state index >= 15 is 0 Å². The number of hydrogen-bond acceptors (Lipinski definition) is 3. The van der Waals surface area contributed by atoms with Gasteiger partial charge in [-0.2, -0.15) is 0 Å². The predicted molar refractivity (Wildman–Crippen MR) is 86.1 cm³/mol.